The topological polar surface area (TPSA) is 71.3 Å². The summed E-state index contributed by atoms with van der Waals surface area (Å²) >= 11 is 1.63. The van der Waals surface area contributed by atoms with Gasteiger partial charge in [0.2, 0.25) is 5.91 Å². The molecule has 0 N–H and O–H groups in total. The molecule has 4 rings (SSSR count). The molecule has 27 heavy (non-hydrogen) atoms. The Morgan fingerprint density at radius 1 is 1.11 bits per heavy atom. The molecule has 8 heteroatoms. The fourth-order valence-corrected chi connectivity index (χ4v) is 4.04. The summed E-state index contributed by atoms with van der Waals surface area (Å²) in [5.41, 5.74) is 0.651. The summed E-state index contributed by atoms with van der Waals surface area (Å²) in [6, 6.07) is 7.32. The molecule has 3 aromatic rings. The number of rotatable bonds is 5. The van der Waals surface area contributed by atoms with Gasteiger partial charge in [0.15, 0.2) is 5.13 Å². The minimum Gasteiger partial charge on any atom is -0.345 e. The third-order valence-corrected chi connectivity index (χ3v) is 5.68. The highest BCUT2D eigenvalue weighted by Crippen LogP contribution is 2.19. The van der Waals surface area contributed by atoms with Gasteiger partial charge in [0, 0.05) is 50.7 Å². The van der Waals surface area contributed by atoms with Gasteiger partial charge < -0.3 is 9.80 Å². The molecule has 1 aliphatic rings. The zero-order valence-corrected chi connectivity index (χ0v) is 15.8. The third kappa shape index (κ3) is 3.85. The first-order chi connectivity index (χ1) is 13.2. The Balaban J connectivity index is 1.29. The lowest BCUT2D eigenvalue weighted by Crippen LogP contribution is -2.48. The summed E-state index contributed by atoms with van der Waals surface area (Å²) in [4.78, 5) is 37.7. The number of aryl methyl sites for hydroxylation is 1. The van der Waals surface area contributed by atoms with Crippen molar-refractivity contribution in [1.82, 2.24) is 19.4 Å². The molecule has 3 heterocycles. The van der Waals surface area contributed by atoms with E-state index in [1.165, 1.54) is 0 Å². The SMILES string of the molecule is O=C(CCCn1cnc2ccccc2c1=O)N1CCN(c2nccs2)CC1. The van der Waals surface area contributed by atoms with Crippen LogP contribution >= 0.6 is 11.3 Å². The predicted molar refractivity (Wildman–Crippen MR) is 106 cm³/mol. The highest BCUT2D eigenvalue weighted by atomic mass is 32.1. The normalized spacial score (nSPS) is 14.7. The number of fused-ring (bicyclic) bond motifs is 1. The first kappa shape index (κ1) is 17.7. The van der Waals surface area contributed by atoms with Crippen molar-refractivity contribution in [2.24, 2.45) is 0 Å². The smallest absolute Gasteiger partial charge is 0.261 e. The molecule has 140 valence electrons. The number of piperazine rings is 1. The van der Waals surface area contributed by atoms with Gasteiger partial charge in [-0.15, -0.1) is 11.3 Å². The van der Waals surface area contributed by atoms with Gasteiger partial charge in [-0.3, -0.25) is 14.2 Å². The van der Waals surface area contributed by atoms with Crippen LogP contribution in [-0.2, 0) is 11.3 Å². The Morgan fingerprint density at radius 2 is 1.93 bits per heavy atom. The van der Waals surface area contributed by atoms with Crippen molar-refractivity contribution >= 4 is 33.3 Å². The molecule has 0 bridgehead atoms. The van der Waals surface area contributed by atoms with Gasteiger partial charge in [-0.05, 0) is 18.6 Å². The van der Waals surface area contributed by atoms with E-state index in [1.54, 1.807) is 34.5 Å². The van der Waals surface area contributed by atoms with Gasteiger partial charge in [0.05, 0.1) is 17.2 Å². The molecule has 7 nitrogen and oxygen atoms in total. The molecule has 0 aliphatic carbocycles. The van der Waals surface area contributed by atoms with Crippen molar-refractivity contribution in [3.05, 3.63) is 52.5 Å². The molecule has 1 saturated heterocycles. The summed E-state index contributed by atoms with van der Waals surface area (Å²) in [7, 11) is 0. The van der Waals surface area contributed by atoms with E-state index < -0.39 is 0 Å². The van der Waals surface area contributed by atoms with Crippen LogP contribution in [-0.4, -0.2) is 51.5 Å². The Hall–Kier alpha value is -2.74. The summed E-state index contributed by atoms with van der Waals surface area (Å²) in [5, 5.41) is 3.60. The van der Waals surface area contributed by atoms with Crippen LogP contribution in [0.1, 0.15) is 12.8 Å². The standard InChI is InChI=1S/C19H21N5O2S/c25-17(22-9-11-23(12-10-22)19-20-7-13-27-19)6-3-8-24-14-21-16-5-2-1-4-15(16)18(24)26/h1-2,4-5,7,13-14H,3,6,8-12H2. The number of para-hydroxylation sites is 1. The molecule has 1 fully saturated rings. The van der Waals surface area contributed by atoms with E-state index in [9.17, 15) is 9.59 Å². The average Bonchev–Trinajstić information content (AvgIpc) is 3.25. The van der Waals surface area contributed by atoms with Gasteiger partial charge in [-0.2, -0.15) is 0 Å². The summed E-state index contributed by atoms with van der Waals surface area (Å²) in [6.07, 6.45) is 4.45. The van der Waals surface area contributed by atoms with Crippen molar-refractivity contribution in [2.45, 2.75) is 19.4 Å². The lowest BCUT2D eigenvalue weighted by atomic mass is 10.2. The Bertz CT molecular complexity index is 977. The van der Waals surface area contributed by atoms with Crippen LogP contribution in [0.5, 0.6) is 0 Å². The number of benzene rings is 1. The van der Waals surface area contributed by atoms with E-state index in [0.717, 1.165) is 31.3 Å². The fourth-order valence-electron chi connectivity index (χ4n) is 3.34. The third-order valence-electron chi connectivity index (χ3n) is 4.84. The fraction of sp³-hybridized carbons (Fsp3) is 0.368. The lowest BCUT2D eigenvalue weighted by molar-refractivity contribution is -0.131. The molecule has 0 saturated carbocycles. The number of amides is 1. The minimum atomic E-state index is -0.0508. The number of hydrogen-bond acceptors (Lipinski definition) is 6. The van der Waals surface area contributed by atoms with E-state index in [2.05, 4.69) is 14.9 Å². The summed E-state index contributed by atoms with van der Waals surface area (Å²) in [5.74, 6) is 0.149. The van der Waals surface area contributed by atoms with E-state index >= 15 is 0 Å². The van der Waals surface area contributed by atoms with E-state index in [1.807, 2.05) is 28.5 Å². The van der Waals surface area contributed by atoms with Crippen LogP contribution in [0, 0.1) is 0 Å². The van der Waals surface area contributed by atoms with E-state index in [4.69, 9.17) is 0 Å². The zero-order chi connectivity index (χ0) is 18.6. The molecule has 0 unspecified atom stereocenters. The summed E-state index contributed by atoms with van der Waals surface area (Å²) in [6.45, 7) is 3.56. The van der Waals surface area contributed by atoms with Crippen molar-refractivity contribution in [2.75, 3.05) is 31.1 Å². The maximum absolute atomic E-state index is 12.5. The Labute approximate surface area is 160 Å². The molecule has 1 aromatic carbocycles. The second-order valence-electron chi connectivity index (χ2n) is 6.55. The first-order valence-electron chi connectivity index (χ1n) is 9.09. The predicted octanol–water partition coefficient (Wildman–Crippen LogP) is 1.98. The van der Waals surface area contributed by atoms with Gasteiger partial charge in [-0.25, -0.2) is 9.97 Å². The Morgan fingerprint density at radius 3 is 2.70 bits per heavy atom. The lowest BCUT2D eigenvalue weighted by Gasteiger charge is -2.34. The highest BCUT2D eigenvalue weighted by molar-refractivity contribution is 7.13. The second kappa shape index (κ2) is 7.87. The van der Waals surface area contributed by atoms with E-state index in [0.29, 0.717) is 30.3 Å². The van der Waals surface area contributed by atoms with Gasteiger partial charge >= 0.3 is 0 Å². The van der Waals surface area contributed by atoms with Gasteiger partial charge in [-0.1, -0.05) is 12.1 Å². The molecule has 0 radical (unpaired) electrons. The maximum atomic E-state index is 12.5. The number of nitrogens with zero attached hydrogens (tertiary/aromatic N) is 5. The van der Waals surface area contributed by atoms with Crippen molar-refractivity contribution in [3.8, 4) is 0 Å². The van der Waals surface area contributed by atoms with Crippen LogP contribution < -0.4 is 10.5 Å². The van der Waals surface area contributed by atoms with Crippen LogP contribution in [0.3, 0.4) is 0 Å². The minimum absolute atomic E-state index is 0.0508. The first-order valence-corrected chi connectivity index (χ1v) is 9.97. The van der Waals surface area contributed by atoms with Crippen LogP contribution in [0.15, 0.2) is 47.0 Å². The van der Waals surface area contributed by atoms with Crippen LogP contribution in [0.4, 0.5) is 5.13 Å². The zero-order valence-electron chi connectivity index (χ0n) is 15.0. The second-order valence-corrected chi connectivity index (χ2v) is 7.42. The van der Waals surface area contributed by atoms with Crippen LogP contribution in [0.2, 0.25) is 0 Å². The quantitative estimate of drug-likeness (QED) is 0.674. The molecule has 1 aliphatic heterocycles. The Kier molecular flexibility index (Phi) is 5.15. The van der Waals surface area contributed by atoms with E-state index in [-0.39, 0.29) is 11.5 Å². The highest BCUT2D eigenvalue weighted by Gasteiger charge is 2.22. The maximum Gasteiger partial charge on any atom is 0.261 e. The molecular formula is C19H21N5O2S. The number of hydrogen-bond donors (Lipinski definition) is 0. The number of carbonyl (C=O) groups is 1. The molecule has 2 aromatic heterocycles. The van der Waals surface area contributed by atoms with Gasteiger partial charge in [0.25, 0.3) is 5.56 Å². The average molecular weight is 383 g/mol. The monoisotopic (exact) mass is 383 g/mol. The molecular weight excluding hydrogens is 362 g/mol. The molecule has 0 spiro atoms. The molecule has 1 amide bonds. The molecule has 0 atom stereocenters. The van der Waals surface area contributed by atoms with Gasteiger partial charge in [0.1, 0.15) is 0 Å². The van der Waals surface area contributed by atoms with Crippen molar-refractivity contribution in [1.29, 1.82) is 0 Å². The van der Waals surface area contributed by atoms with Crippen LogP contribution in [0.25, 0.3) is 10.9 Å². The largest absolute Gasteiger partial charge is 0.345 e. The number of anilines is 1. The number of carbonyl (C=O) groups excluding carboxylic acids is 1. The summed E-state index contributed by atoms with van der Waals surface area (Å²) < 4.78 is 1.59. The number of thiazole rings is 1. The van der Waals surface area contributed by atoms with Crippen molar-refractivity contribution in [3.63, 3.8) is 0 Å². The van der Waals surface area contributed by atoms with Crippen molar-refractivity contribution < 1.29 is 4.79 Å². The number of aromatic nitrogens is 3.